The number of anilines is 1. The normalized spacial score (nSPS) is 18.7. The number of amides is 4. The second kappa shape index (κ2) is 14.0. The van der Waals surface area contributed by atoms with Gasteiger partial charge in [0, 0.05) is 86.5 Å². The van der Waals surface area contributed by atoms with Crippen molar-refractivity contribution in [3.05, 3.63) is 70.3 Å². The molecule has 0 atom stereocenters. The number of ether oxygens (including phenoxy) is 2. The fourth-order valence-corrected chi connectivity index (χ4v) is 7.17. The number of carbonyl (C=O) groups is 4. The first-order valence-corrected chi connectivity index (χ1v) is 16.9. The Labute approximate surface area is 279 Å². The monoisotopic (exact) mass is 655 g/mol. The Morgan fingerprint density at radius 1 is 0.625 bits per heavy atom. The van der Waals surface area contributed by atoms with Crippen LogP contribution in [0.15, 0.2) is 42.5 Å². The lowest BCUT2D eigenvalue weighted by atomic mass is 9.84. The molecule has 2 N–H and O–H groups in total. The number of rotatable bonds is 12. The number of benzene rings is 3. The molecule has 48 heavy (non-hydrogen) atoms. The number of morpholine rings is 2. The molecule has 252 valence electrons. The average Bonchev–Trinajstić information content (AvgIpc) is 3.11. The Hall–Kier alpha value is -4.36. The summed E-state index contributed by atoms with van der Waals surface area (Å²) in [5, 5.41) is 13.8. The fourth-order valence-electron chi connectivity index (χ4n) is 7.17. The van der Waals surface area contributed by atoms with Crippen LogP contribution < -0.4 is 5.32 Å². The number of hydrogen-bond donors (Lipinski definition) is 2. The van der Waals surface area contributed by atoms with Gasteiger partial charge in [0.25, 0.3) is 23.6 Å². The van der Waals surface area contributed by atoms with E-state index in [-0.39, 0.29) is 18.8 Å². The fraction of sp³-hybridized carbons (Fsp3) is 0.444. The van der Waals surface area contributed by atoms with Crippen molar-refractivity contribution in [1.82, 2.24) is 19.6 Å². The predicted octanol–water partition coefficient (Wildman–Crippen LogP) is 2.84. The number of carbonyl (C=O) groups excluding carboxylic acids is 4. The van der Waals surface area contributed by atoms with E-state index >= 15 is 0 Å². The molecule has 0 unspecified atom stereocenters. The highest BCUT2D eigenvalue weighted by Crippen LogP contribution is 2.41. The van der Waals surface area contributed by atoms with Gasteiger partial charge in [0.1, 0.15) is 5.75 Å². The van der Waals surface area contributed by atoms with Gasteiger partial charge in [0.2, 0.25) is 0 Å². The van der Waals surface area contributed by atoms with Crippen LogP contribution in [-0.2, 0) is 15.9 Å². The minimum Gasteiger partial charge on any atom is -0.508 e. The quantitative estimate of drug-likeness (QED) is 0.281. The summed E-state index contributed by atoms with van der Waals surface area (Å²) in [5.74, 6) is -1.50. The maximum Gasteiger partial charge on any atom is 0.263 e. The third-order valence-corrected chi connectivity index (χ3v) is 9.75. The lowest BCUT2D eigenvalue weighted by Gasteiger charge is -2.34. The molecule has 7 rings (SSSR count). The van der Waals surface area contributed by atoms with Crippen LogP contribution in [0, 0.1) is 0 Å². The lowest BCUT2D eigenvalue weighted by molar-refractivity contribution is 0.0351. The molecule has 0 saturated carbocycles. The standard InChI is InChI=1S/C36H41N5O7/c42-25-5-3-24(4-6-25)9-10-37-29-23-28-30-26(33(43)40(35(28)45)13-1-11-38-15-19-47-20-16-38)7-8-27-31(30)32(29)36(46)41(34(27)44)14-2-12-39-17-21-48-22-18-39/h3-8,23,37,42H,1-2,9-22H2. The van der Waals surface area contributed by atoms with Crippen LogP contribution in [0.3, 0.4) is 0 Å². The van der Waals surface area contributed by atoms with E-state index < -0.39 is 23.6 Å². The molecule has 0 bridgehead atoms. The second-order valence-corrected chi connectivity index (χ2v) is 12.7. The maximum atomic E-state index is 14.2. The van der Waals surface area contributed by atoms with Crippen LogP contribution in [0.1, 0.15) is 59.8 Å². The molecule has 12 heteroatoms. The summed E-state index contributed by atoms with van der Waals surface area (Å²) >= 11 is 0. The highest BCUT2D eigenvalue weighted by molar-refractivity contribution is 6.34. The van der Waals surface area contributed by atoms with E-state index in [1.165, 1.54) is 9.80 Å². The van der Waals surface area contributed by atoms with Crippen LogP contribution in [0.25, 0.3) is 10.8 Å². The van der Waals surface area contributed by atoms with Gasteiger partial charge in [0.15, 0.2) is 0 Å². The summed E-state index contributed by atoms with van der Waals surface area (Å²) in [6.07, 6.45) is 1.84. The summed E-state index contributed by atoms with van der Waals surface area (Å²) in [4.78, 5) is 63.2. The average molecular weight is 656 g/mol. The van der Waals surface area contributed by atoms with Crippen molar-refractivity contribution in [2.24, 2.45) is 0 Å². The third-order valence-electron chi connectivity index (χ3n) is 9.75. The molecule has 3 aromatic carbocycles. The Balaban J connectivity index is 1.20. The maximum absolute atomic E-state index is 14.2. The molecule has 4 aliphatic heterocycles. The molecule has 0 spiro atoms. The third kappa shape index (κ3) is 6.28. The van der Waals surface area contributed by atoms with Crippen LogP contribution in [0.5, 0.6) is 5.75 Å². The van der Waals surface area contributed by atoms with Crippen molar-refractivity contribution < 1.29 is 33.8 Å². The molecule has 2 fully saturated rings. The molecule has 4 aliphatic rings. The zero-order valence-corrected chi connectivity index (χ0v) is 27.0. The Morgan fingerprint density at radius 2 is 1.15 bits per heavy atom. The van der Waals surface area contributed by atoms with E-state index in [0.717, 1.165) is 44.8 Å². The Bertz CT molecular complexity index is 1730. The molecular weight excluding hydrogens is 614 g/mol. The largest absolute Gasteiger partial charge is 0.508 e. The number of hydrogen-bond acceptors (Lipinski definition) is 10. The van der Waals surface area contributed by atoms with E-state index in [4.69, 9.17) is 9.47 Å². The summed E-state index contributed by atoms with van der Waals surface area (Å²) < 4.78 is 10.9. The van der Waals surface area contributed by atoms with Crippen LogP contribution >= 0.6 is 0 Å². The van der Waals surface area contributed by atoms with E-state index in [2.05, 4.69) is 15.1 Å². The van der Waals surface area contributed by atoms with Crippen LogP contribution in [0.4, 0.5) is 5.69 Å². The highest BCUT2D eigenvalue weighted by atomic mass is 16.5. The molecule has 2 saturated heterocycles. The number of imide groups is 2. The molecule has 0 aromatic heterocycles. The van der Waals surface area contributed by atoms with E-state index in [1.54, 1.807) is 30.3 Å². The van der Waals surface area contributed by atoms with Crippen molar-refractivity contribution in [3.8, 4) is 5.75 Å². The van der Waals surface area contributed by atoms with Gasteiger partial charge < -0.3 is 19.9 Å². The van der Waals surface area contributed by atoms with Gasteiger partial charge in [-0.25, -0.2) is 0 Å². The predicted molar refractivity (Wildman–Crippen MR) is 179 cm³/mol. The minimum absolute atomic E-state index is 0.180. The van der Waals surface area contributed by atoms with E-state index in [9.17, 15) is 24.3 Å². The number of phenolic OH excluding ortho intramolecular Hbond substituents is 1. The van der Waals surface area contributed by atoms with E-state index in [1.807, 2.05) is 12.1 Å². The summed E-state index contributed by atoms with van der Waals surface area (Å²) in [5.41, 5.74) is 2.71. The highest BCUT2D eigenvalue weighted by Gasteiger charge is 2.41. The van der Waals surface area contributed by atoms with Gasteiger partial charge in [-0.1, -0.05) is 12.1 Å². The molecule has 4 heterocycles. The van der Waals surface area contributed by atoms with Crippen molar-refractivity contribution in [2.75, 3.05) is 90.6 Å². The van der Waals surface area contributed by atoms with Crippen molar-refractivity contribution in [3.63, 3.8) is 0 Å². The first kappa shape index (κ1) is 32.2. The zero-order chi connectivity index (χ0) is 33.2. The van der Waals surface area contributed by atoms with Gasteiger partial charge in [-0.3, -0.25) is 38.8 Å². The SMILES string of the molecule is O=C1c2ccc3c4c(c(NCCc5ccc(O)cc5)cc(c24)C(=O)N1CCCN1CCOCC1)C(=O)N(CCCN1CCOCC1)C3=O. The van der Waals surface area contributed by atoms with E-state index in [0.29, 0.717) is 90.9 Å². The number of nitrogens with zero attached hydrogens (tertiary/aromatic N) is 4. The summed E-state index contributed by atoms with van der Waals surface area (Å²) in [7, 11) is 0. The van der Waals surface area contributed by atoms with Gasteiger partial charge in [-0.2, -0.15) is 0 Å². The number of nitrogens with one attached hydrogen (secondary N) is 1. The molecule has 0 aliphatic carbocycles. The first-order chi connectivity index (χ1) is 23.4. The van der Waals surface area contributed by atoms with Crippen molar-refractivity contribution in [2.45, 2.75) is 19.3 Å². The molecule has 12 nitrogen and oxygen atoms in total. The smallest absolute Gasteiger partial charge is 0.263 e. The van der Waals surface area contributed by atoms with Crippen molar-refractivity contribution >= 4 is 40.1 Å². The van der Waals surface area contributed by atoms with Gasteiger partial charge >= 0.3 is 0 Å². The molecular formula is C36H41N5O7. The summed E-state index contributed by atoms with van der Waals surface area (Å²) in [6.45, 7) is 8.39. The first-order valence-electron chi connectivity index (χ1n) is 16.9. The zero-order valence-electron chi connectivity index (χ0n) is 27.0. The van der Waals surface area contributed by atoms with Crippen LogP contribution in [0.2, 0.25) is 0 Å². The second-order valence-electron chi connectivity index (χ2n) is 12.7. The Morgan fingerprint density at radius 3 is 1.73 bits per heavy atom. The number of phenols is 1. The topological polar surface area (TPSA) is 132 Å². The van der Waals surface area contributed by atoms with Gasteiger partial charge in [0.05, 0.1) is 37.6 Å². The molecule has 3 aromatic rings. The lowest BCUT2D eigenvalue weighted by Crippen LogP contribution is -2.45. The molecule has 0 radical (unpaired) electrons. The van der Waals surface area contributed by atoms with Crippen LogP contribution in [-0.4, -0.2) is 134 Å². The number of aromatic hydroxyl groups is 1. The van der Waals surface area contributed by atoms with Gasteiger partial charge in [-0.05, 0) is 55.2 Å². The van der Waals surface area contributed by atoms with Gasteiger partial charge in [-0.15, -0.1) is 0 Å². The summed E-state index contributed by atoms with van der Waals surface area (Å²) in [6, 6.07) is 11.9. The Kier molecular flexibility index (Phi) is 9.40. The van der Waals surface area contributed by atoms with Crippen molar-refractivity contribution in [1.29, 1.82) is 0 Å². The minimum atomic E-state index is -0.432. The molecule has 4 amide bonds.